The van der Waals surface area contributed by atoms with Gasteiger partial charge in [-0.05, 0) is 11.5 Å². The van der Waals surface area contributed by atoms with Gasteiger partial charge in [0.2, 0.25) is 0 Å². The van der Waals surface area contributed by atoms with Gasteiger partial charge in [0.05, 0.1) is 26.3 Å². The summed E-state index contributed by atoms with van der Waals surface area (Å²) in [5.41, 5.74) is 2.60. The Morgan fingerprint density at radius 2 is 1.17 bits per heavy atom. The fourth-order valence-electron chi connectivity index (χ4n) is 2.34. The average Bonchev–Trinajstić information content (AvgIpc) is 2.64. The van der Waals surface area contributed by atoms with Crippen molar-refractivity contribution < 1.29 is 71.7 Å². The van der Waals surface area contributed by atoms with Crippen LogP contribution in [-0.2, 0) is 29.7 Å². The molecule has 0 saturated carbocycles. The van der Waals surface area contributed by atoms with Crippen LogP contribution in [0.4, 0.5) is 0 Å². The number of H-pyrrole nitrogens is 2. The maximum absolute atomic E-state index is 12.1. The summed E-state index contributed by atoms with van der Waals surface area (Å²) in [6.07, 6.45) is 6.03. The van der Waals surface area contributed by atoms with Gasteiger partial charge in [-0.15, -0.1) is 0 Å². The Hall–Kier alpha value is -1.77. The molecule has 0 fully saturated rings. The molecule has 0 radical (unpaired) electrons. The fraction of sp³-hybridized carbons (Fsp3) is 0.333. The van der Waals surface area contributed by atoms with E-state index in [4.69, 9.17) is 0 Å². The van der Waals surface area contributed by atoms with Crippen molar-refractivity contribution in [1.29, 1.82) is 0 Å². The quantitative estimate of drug-likeness (QED) is 0.227. The molecule has 4 N–H and O–H groups in total. The number of aliphatic imine (C=N–C) groups is 2. The topological polar surface area (TPSA) is 140 Å². The van der Waals surface area contributed by atoms with Gasteiger partial charge >= 0.3 is 16.5 Å². The van der Waals surface area contributed by atoms with E-state index in [0.717, 1.165) is 0 Å². The third-order valence-corrected chi connectivity index (χ3v) is 3.93. The average molecular weight is 488 g/mol. The first kappa shape index (κ1) is 29.4. The van der Waals surface area contributed by atoms with Crippen LogP contribution in [0.1, 0.15) is 33.6 Å². The van der Waals surface area contributed by atoms with E-state index in [-0.39, 0.29) is 66.0 Å². The molecule has 0 aliphatic carbocycles. The van der Waals surface area contributed by atoms with Gasteiger partial charge in [0, 0.05) is 48.5 Å². The van der Waals surface area contributed by atoms with Gasteiger partial charge in [0.25, 0.3) is 0 Å². The van der Waals surface area contributed by atoms with E-state index in [9.17, 15) is 20.4 Å². The summed E-state index contributed by atoms with van der Waals surface area (Å²) in [7, 11) is 0. The van der Waals surface area contributed by atoms with Crippen LogP contribution in [-0.4, -0.2) is 35.7 Å². The summed E-state index contributed by atoms with van der Waals surface area (Å²) in [5.74, 6) is -0.410. The first-order valence-electron chi connectivity index (χ1n) is 8.13. The van der Waals surface area contributed by atoms with Crippen LogP contribution in [0.25, 0.3) is 0 Å². The minimum Gasteiger partial charge on any atom is -1.00 e. The minimum atomic E-state index is -0.258. The Labute approximate surface area is 191 Å². The van der Waals surface area contributed by atoms with E-state index in [1.165, 1.54) is 12.4 Å². The van der Waals surface area contributed by atoms with E-state index in [0.29, 0.717) is 46.7 Å². The van der Waals surface area contributed by atoms with Crippen molar-refractivity contribution in [2.75, 3.05) is 13.1 Å². The van der Waals surface area contributed by atoms with E-state index in [1.807, 2.05) is 0 Å². The maximum Gasteiger partial charge on any atom is 2.00 e. The van der Waals surface area contributed by atoms with Gasteiger partial charge in [-0.2, -0.15) is 0 Å². The van der Waals surface area contributed by atoms with Crippen molar-refractivity contribution in [3.8, 4) is 11.5 Å². The first-order chi connectivity index (χ1) is 12.5. The van der Waals surface area contributed by atoms with Gasteiger partial charge in [0.15, 0.2) is 23.8 Å². The van der Waals surface area contributed by atoms with Gasteiger partial charge in [-0.25, -0.2) is 9.97 Å². The monoisotopic (exact) mass is 486 g/mol. The van der Waals surface area contributed by atoms with Crippen molar-refractivity contribution in [3.05, 3.63) is 46.0 Å². The van der Waals surface area contributed by atoms with Crippen LogP contribution in [0.2, 0.25) is 0 Å². The van der Waals surface area contributed by atoms with Gasteiger partial charge in [-0.1, -0.05) is 0 Å². The number of aryl methyl sites for hydroxylation is 2. The second-order valence-corrected chi connectivity index (χ2v) is 5.75. The molecule has 162 valence electrons. The molecule has 2 rings (SSSR count). The smallest absolute Gasteiger partial charge is 1.00 e. The zero-order valence-electron chi connectivity index (χ0n) is 15.8. The van der Waals surface area contributed by atoms with Crippen LogP contribution in [0, 0.1) is 13.8 Å². The molecule has 0 unspecified atom stereocenters. The minimum absolute atomic E-state index is 0. The standard InChI is InChI=1S/C18H22N4O4.2ClH.Ni/c1-11-17(25)15(13(9-23)5-21-11)7-19-3-4-20-8-16-14(10-24)6-22-12(2)18(16)26;;;/h5-8,23-26H,3-4,9-10H2,1-2H3;2*1H;/q;;;+2/p-2. The molecule has 2 heterocycles. The number of aromatic nitrogens is 2. The Morgan fingerprint density at radius 3 is 1.48 bits per heavy atom. The predicted octanol–water partition coefficient (Wildman–Crippen LogP) is -7.39. The zero-order chi connectivity index (χ0) is 19.1. The number of nitrogens with zero attached hydrogens (tertiary/aromatic N) is 2. The van der Waals surface area contributed by atoms with Crippen LogP contribution in [0.3, 0.4) is 0 Å². The molecule has 2 aromatic heterocycles. The molecule has 8 nitrogen and oxygen atoms in total. The van der Waals surface area contributed by atoms with Crippen molar-refractivity contribution in [2.24, 2.45) is 9.98 Å². The van der Waals surface area contributed by atoms with E-state index in [2.05, 4.69) is 20.0 Å². The molecule has 11 heteroatoms. The molecule has 0 atom stereocenters. The molecular weight excluding hydrogens is 466 g/mol. The summed E-state index contributed by atoms with van der Waals surface area (Å²) < 4.78 is 0. The van der Waals surface area contributed by atoms with Crippen molar-refractivity contribution >= 4 is 12.4 Å². The number of nitrogens with one attached hydrogen (secondary N) is 2. The Balaban J connectivity index is 0. The SMILES string of the molecule is Cc1[nH+]cc(CO)c(C=NCCN=Cc2c(CO)c[nH+]c(C)c2[O-])c1[O-].[Cl-].[Cl-].[Ni+2]. The molecule has 0 aromatic carbocycles. The third-order valence-electron chi connectivity index (χ3n) is 3.93. The molecule has 0 aliphatic rings. The molecule has 0 bridgehead atoms. The van der Waals surface area contributed by atoms with Crippen molar-refractivity contribution in [2.45, 2.75) is 27.1 Å². The van der Waals surface area contributed by atoms with Crippen LogP contribution < -0.4 is 45.0 Å². The second kappa shape index (κ2) is 14.3. The maximum atomic E-state index is 12.1. The summed E-state index contributed by atoms with van der Waals surface area (Å²) in [5, 5.41) is 42.7. The molecule has 29 heavy (non-hydrogen) atoms. The van der Waals surface area contributed by atoms with Crippen LogP contribution in [0.15, 0.2) is 22.4 Å². The first-order valence-corrected chi connectivity index (χ1v) is 8.13. The molecular formula is C18H22Cl2N4NiO4. The third kappa shape index (κ3) is 7.53. The number of rotatable bonds is 7. The van der Waals surface area contributed by atoms with Crippen LogP contribution >= 0.6 is 0 Å². The van der Waals surface area contributed by atoms with Crippen LogP contribution in [0.5, 0.6) is 11.5 Å². The number of pyridine rings is 2. The molecule has 0 amide bonds. The van der Waals surface area contributed by atoms with Gasteiger partial charge in [-0.3, -0.25) is 9.98 Å². The largest absolute Gasteiger partial charge is 2.00 e. The Kier molecular flexibility index (Phi) is 14.5. The number of hydrogen-bond donors (Lipinski definition) is 2. The fourth-order valence-corrected chi connectivity index (χ4v) is 2.34. The summed E-state index contributed by atoms with van der Waals surface area (Å²) >= 11 is 0. The summed E-state index contributed by atoms with van der Waals surface area (Å²) in [6.45, 7) is 3.43. The normalized spacial score (nSPS) is 10.5. The molecule has 0 spiro atoms. The van der Waals surface area contributed by atoms with Gasteiger partial charge < -0.3 is 45.2 Å². The van der Waals surface area contributed by atoms with E-state index < -0.39 is 0 Å². The van der Waals surface area contributed by atoms with Gasteiger partial charge in [0.1, 0.15) is 0 Å². The van der Waals surface area contributed by atoms with E-state index >= 15 is 0 Å². The predicted molar refractivity (Wildman–Crippen MR) is 91.1 cm³/mol. The van der Waals surface area contributed by atoms with Crippen molar-refractivity contribution in [1.82, 2.24) is 0 Å². The van der Waals surface area contributed by atoms with Crippen molar-refractivity contribution in [3.63, 3.8) is 0 Å². The molecule has 0 aliphatic heterocycles. The molecule has 0 saturated heterocycles. The number of aromatic amines is 2. The summed E-state index contributed by atoms with van der Waals surface area (Å²) in [6, 6.07) is 0. The number of aliphatic hydroxyl groups excluding tert-OH is 2. The zero-order valence-corrected chi connectivity index (χ0v) is 18.3. The molecule has 2 aromatic rings. The number of halogens is 2. The number of aliphatic hydroxyl groups is 2. The Morgan fingerprint density at radius 1 is 0.828 bits per heavy atom. The summed E-state index contributed by atoms with van der Waals surface area (Å²) in [4.78, 5) is 13.9. The number of hydrogen-bond acceptors (Lipinski definition) is 6. The Bertz CT molecular complexity index is 782. The van der Waals surface area contributed by atoms with E-state index in [1.54, 1.807) is 26.2 Å². The second-order valence-electron chi connectivity index (χ2n) is 5.75.